The Labute approximate surface area is 373 Å². The number of ether oxygens (including phenoxy) is 2. The van der Waals surface area contributed by atoms with Crippen molar-refractivity contribution < 1.29 is 19.1 Å². The summed E-state index contributed by atoms with van der Waals surface area (Å²) in [5.41, 5.74) is 1.45. The lowest BCUT2D eigenvalue weighted by Crippen LogP contribution is -2.22. The molecule has 0 amide bonds. The predicted molar refractivity (Wildman–Crippen MR) is 258 cm³/mol. The first-order chi connectivity index (χ1) is 29.5. The molecule has 4 atom stereocenters. The standard InChI is InChI=1S/C55H99NO4/c1-5-9-13-17-19-28-40-50(38-26-15-11-7-3)54(57)59-45-33-30-42-52-47-56(44-32-22-25-37-49-35-23-21-24-36-49)48-53(52)43-31-34-46-60-55(58)51(39-27-16-12-8-4)41-29-20-18-14-10-6-2/h21,23-24,35-36,50-53H,5-20,22,25-34,37-48H2,1-4H3. The van der Waals surface area contributed by atoms with Gasteiger partial charge < -0.3 is 14.4 Å². The largest absolute Gasteiger partial charge is 0.465 e. The number of nitrogens with zero attached hydrogens (tertiary/aromatic N) is 1. The van der Waals surface area contributed by atoms with Crippen LogP contribution in [-0.2, 0) is 25.5 Å². The van der Waals surface area contributed by atoms with Gasteiger partial charge in [0, 0.05) is 13.1 Å². The van der Waals surface area contributed by atoms with Crippen LogP contribution in [0.4, 0.5) is 0 Å². The van der Waals surface area contributed by atoms with Crippen molar-refractivity contribution in [2.75, 3.05) is 32.8 Å². The summed E-state index contributed by atoms with van der Waals surface area (Å²) in [5, 5.41) is 0. The molecule has 1 aromatic carbocycles. The van der Waals surface area contributed by atoms with Crippen LogP contribution in [0, 0.1) is 23.7 Å². The van der Waals surface area contributed by atoms with E-state index in [2.05, 4.69) is 62.9 Å². The molecule has 0 saturated carbocycles. The van der Waals surface area contributed by atoms with Crippen molar-refractivity contribution in [3.63, 3.8) is 0 Å². The minimum absolute atomic E-state index is 0.0724. The highest BCUT2D eigenvalue weighted by Crippen LogP contribution is 2.32. The van der Waals surface area contributed by atoms with E-state index in [1.165, 1.54) is 166 Å². The van der Waals surface area contributed by atoms with Crippen LogP contribution >= 0.6 is 0 Å². The van der Waals surface area contributed by atoms with E-state index in [1.807, 2.05) is 0 Å². The zero-order chi connectivity index (χ0) is 43.1. The van der Waals surface area contributed by atoms with Gasteiger partial charge in [0.1, 0.15) is 0 Å². The maximum Gasteiger partial charge on any atom is 0.308 e. The second-order valence-corrected chi connectivity index (χ2v) is 19.1. The second kappa shape index (κ2) is 38.8. The van der Waals surface area contributed by atoms with E-state index < -0.39 is 0 Å². The van der Waals surface area contributed by atoms with Crippen LogP contribution in [0.1, 0.15) is 245 Å². The van der Waals surface area contributed by atoms with Gasteiger partial charge in [0.2, 0.25) is 0 Å². The van der Waals surface area contributed by atoms with Gasteiger partial charge in [0.05, 0.1) is 25.0 Å². The Kier molecular flexibility index (Phi) is 35.1. The van der Waals surface area contributed by atoms with Crippen LogP contribution in [-0.4, -0.2) is 49.7 Å². The zero-order valence-electron chi connectivity index (χ0n) is 40.4. The molecule has 1 aromatic rings. The number of carbonyl (C=O) groups excluding carboxylic acids is 2. The summed E-state index contributed by atoms with van der Waals surface area (Å²) < 4.78 is 12.0. The fourth-order valence-electron chi connectivity index (χ4n) is 9.69. The first kappa shape index (κ1) is 54.3. The number of aryl methyl sites for hydroxylation is 1. The maximum absolute atomic E-state index is 13.3. The van der Waals surface area contributed by atoms with Crippen LogP contribution < -0.4 is 0 Å². The van der Waals surface area contributed by atoms with Gasteiger partial charge in [0.15, 0.2) is 0 Å². The van der Waals surface area contributed by atoms with Crippen molar-refractivity contribution in [3.8, 4) is 0 Å². The van der Waals surface area contributed by atoms with Gasteiger partial charge in [-0.2, -0.15) is 0 Å². The highest BCUT2D eigenvalue weighted by molar-refractivity contribution is 5.72. The number of esters is 2. The quantitative estimate of drug-likeness (QED) is 0.0485. The SMILES string of the molecule is CCCCCCCCC(CCCCCC)C(=O)OCCCCC1CN(CCCCCc2ccccc2)CC1CCCCOC(=O)C(CCCCCC)CCCCCCCC. The number of benzene rings is 1. The summed E-state index contributed by atoms with van der Waals surface area (Å²) in [4.78, 5) is 29.3. The molecule has 1 saturated heterocycles. The molecule has 1 heterocycles. The molecule has 348 valence electrons. The lowest BCUT2D eigenvalue weighted by atomic mass is 9.87. The Bertz CT molecular complexity index is 1050. The number of hydrogen-bond acceptors (Lipinski definition) is 5. The molecule has 4 unspecified atom stereocenters. The molecule has 1 fully saturated rings. The van der Waals surface area contributed by atoms with Crippen molar-refractivity contribution >= 4 is 11.9 Å². The minimum atomic E-state index is 0.0724. The smallest absolute Gasteiger partial charge is 0.308 e. The molecule has 0 aliphatic carbocycles. The third-order valence-electron chi connectivity index (χ3n) is 13.7. The number of rotatable bonds is 42. The topological polar surface area (TPSA) is 55.8 Å². The molecule has 0 N–H and O–H groups in total. The molecule has 5 nitrogen and oxygen atoms in total. The molecule has 0 bridgehead atoms. The summed E-state index contributed by atoms with van der Waals surface area (Å²) in [6.45, 7) is 13.8. The van der Waals surface area contributed by atoms with Crippen LogP contribution in [0.5, 0.6) is 0 Å². The molecule has 1 aliphatic heterocycles. The summed E-state index contributed by atoms with van der Waals surface area (Å²) >= 11 is 0. The van der Waals surface area contributed by atoms with Crippen molar-refractivity contribution in [2.45, 2.75) is 246 Å². The van der Waals surface area contributed by atoms with Gasteiger partial charge >= 0.3 is 11.9 Å². The summed E-state index contributed by atoms with van der Waals surface area (Å²) in [6, 6.07) is 10.9. The molecule has 2 rings (SSSR count). The summed E-state index contributed by atoms with van der Waals surface area (Å²) in [7, 11) is 0. The van der Waals surface area contributed by atoms with Crippen molar-refractivity contribution in [3.05, 3.63) is 35.9 Å². The number of unbranched alkanes of at least 4 members (excludes halogenated alkanes) is 20. The van der Waals surface area contributed by atoms with E-state index in [4.69, 9.17) is 9.47 Å². The van der Waals surface area contributed by atoms with Crippen molar-refractivity contribution in [1.29, 1.82) is 0 Å². The number of carbonyl (C=O) groups is 2. The van der Waals surface area contributed by atoms with Crippen LogP contribution in [0.2, 0.25) is 0 Å². The predicted octanol–water partition coefficient (Wildman–Crippen LogP) is 16.0. The Balaban J connectivity index is 1.82. The number of likely N-dealkylation sites (tertiary alicyclic amines) is 1. The lowest BCUT2D eigenvalue weighted by Gasteiger charge is -2.19. The van der Waals surface area contributed by atoms with Gasteiger partial charge in [-0.05, 0) is 107 Å². The molecule has 60 heavy (non-hydrogen) atoms. The first-order valence-corrected chi connectivity index (χ1v) is 26.6. The fraction of sp³-hybridized carbons (Fsp3) is 0.855. The normalized spacial score (nSPS) is 16.6. The van der Waals surface area contributed by atoms with Crippen LogP contribution in [0.15, 0.2) is 30.3 Å². The van der Waals surface area contributed by atoms with Gasteiger partial charge in [-0.15, -0.1) is 0 Å². The Morgan fingerprint density at radius 1 is 0.483 bits per heavy atom. The average molecular weight is 838 g/mol. The molecule has 0 spiro atoms. The van der Waals surface area contributed by atoms with E-state index in [9.17, 15) is 9.59 Å². The van der Waals surface area contributed by atoms with Gasteiger partial charge in [-0.3, -0.25) is 9.59 Å². The first-order valence-electron chi connectivity index (χ1n) is 26.6. The molecule has 5 heteroatoms. The van der Waals surface area contributed by atoms with Gasteiger partial charge in [-0.1, -0.05) is 193 Å². The molecular formula is C55H99NO4. The van der Waals surface area contributed by atoms with Crippen LogP contribution in [0.3, 0.4) is 0 Å². The van der Waals surface area contributed by atoms with E-state index in [1.54, 1.807) is 0 Å². The van der Waals surface area contributed by atoms with E-state index in [0.29, 0.717) is 25.0 Å². The third kappa shape index (κ3) is 27.9. The number of hydrogen-bond donors (Lipinski definition) is 0. The highest BCUT2D eigenvalue weighted by atomic mass is 16.5. The Morgan fingerprint density at radius 2 is 0.867 bits per heavy atom. The van der Waals surface area contributed by atoms with Crippen molar-refractivity contribution in [1.82, 2.24) is 4.90 Å². The maximum atomic E-state index is 13.3. The van der Waals surface area contributed by atoms with Gasteiger partial charge in [0.25, 0.3) is 0 Å². The van der Waals surface area contributed by atoms with E-state index >= 15 is 0 Å². The third-order valence-corrected chi connectivity index (χ3v) is 13.7. The zero-order valence-corrected chi connectivity index (χ0v) is 40.4. The highest BCUT2D eigenvalue weighted by Gasteiger charge is 2.31. The van der Waals surface area contributed by atoms with E-state index in [0.717, 1.165) is 77.0 Å². The van der Waals surface area contributed by atoms with Gasteiger partial charge in [-0.25, -0.2) is 0 Å². The Hall–Kier alpha value is -1.88. The molecule has 0 aromatic heterocycles. The summed E-state index contributed by atoms with van der Waals surface area (Å²) in [5.74, 6) is 1.73. The minimum Gasteiger partial charge on any atom is -0.465 e. The average Bonchev–Trinajstić information content (AvgIpc) is 3.65. The monoisotopic (exact) mass is 838 g/mol. The lowest BCUT2D eigenvalue weighted by molar-refractivity contribution is -0.150. The summed E-state index contributed by atoms with van der Waals surface area (Å²) in [6.07, 6.45) is 40.7. The fourth-order valence-corrected chi connectivity index (χ4v) is 9.69. The Morgan fingerprint density at radius 3 is 1.30 bits per heavy atom. The second-order valence-electron chi connectivity index (χ2n) is 19.1. The molecule has 0 radical (unpaired) electrons. The van der Waals surface area contributed by atoms with E-state index in [-0.39, 0.29) is 23.8 Å². The molecule has 1 aliphatic rings. The van der Waals surface area contributed by atoms with Crippen molar-refractivity contribution in [2.24, 2.45) is 23.7 Å². The molecular weight excluding hydrogens is 739 g/mol. The van der Waals surface area contributed by atoms with Crippen LogP contribution in [0.25, 0.3) is 0 Å².